The minimum Gasteiger partial charge on any atom is -0.481 e. The Labute approximate surface area is 108 Å². The Morgan fingerprint density at radius 3 is 2.72 bits per heavy atom. The van der Waals surface area contributed by atoms with Crippen molar-refractivity contribution in [1.82, 2.24) is 15.3 Å². The predicted octanol–water partition coefficient (Wildman–Crippen LogP) is 0.570. The van der Waals surface area contributed by atoms with Crippen molar-refractivity contribution in [3.63, 3.8) is 0 Å². The summed E-state index contributed by atoms with van der Waals surface area (Å²) in [6.45, 7) is 0. The standard InChI is InChI=1S/C11H19N3O3S/c1-12-9(5-4-6-18(3,15)16)10-7-11(17-2)14-8-13-10/h7-9,12H,4-6H2,1-3H3. The highest BCUT2D eigenvalue weighted by atomic mass is 32.2. The van der Waals surface area contributed by atoms with Gasteiger partial charge in [0, 0.05) is 24.1 Å². The maximum atomic E-state index is 11.1. The fraction of sp³-hybridized carbons (Fsp3) is 0.636. The molecule has 0 aliphatic carbocycles. The van der Waals surface area contributed by atoms with Crippen LogP contribution in [0.5, 0.6) is 5.88 Å². The normalized spacial score (nSPS) is 13.3. The van der Waals surface area contributed by atoms with Crippen LogP contribution in [-0.4, -0.2) is 44.6 Å². The summed E-state index contributed by atoms with van der Waals surface area (Å²) >= 11 is 0. The quantitative estimate of drug-likeness (QED) is 0.782. The zero-order chi connectivity index (χ0) is 13.6. The topological polar surface area (TPSA) is 81.2 Å². The minimum atomic E-state index is -2.91. The third kappa shape index (κ3) is 4.97. The first kappa shape index (κ1) is 14.8. The van der Waals surface area contributed by atoms with Gasteiger partial charge in [0.25, 0.3) is 0 Å². The first-order chi connectivity index (χ1) is 8.46. The van der Waals surface area contributed by atoms with E-state index in [1.807, 2.05) is 7.05 Å². The number of hydrogen-bond acceptors (Lipinski definition) is 6. The van der Waals surface area contributed by atoms with Gasteiger partial charge in [0.2, 0.25) is 5.88 Å². The van der Waals surface area contributed by atoms with E-state index < -0.39 is 9.84 Å². The molecule has 6 nitrogen and oxygen atoms in total. The molecule has 18 heavy (non-hydrogen) atoms. The number of hydrogen-bond donors (Lipinski definition) is 1. The molecule has 1 aromatic rings. The third-order valence-corrected chi connectivity index (χ3v) is 3.62. The second kappa shape index (κ2) is 6.65. The smallest absolute Gasteiger partial charge is 0.216 e. The van der Waals surface area contributed by atoms with Gasteiger partial charge in [0.1, 0.15) is 16.2 Å². The molecule has 0 fully saturated rings. The Hall–Kier alpha value is -1.21. The molecule has 1 N–H and O–H groups in total. The maximum Gasteiger partial charge on any atom is 0.216 e. The monoisotopic (exact) mass is 273 g/mol. The number of rotatable bonds is 7. The molecular weight excluding hydrogens is 254 g/mol. The molecule has 1 atom stereocenters. The van der Waals surface area contributed by atoms with Crippen LogP contribution in [0.2, 0.25) is 0 Å². The van der Waals surface area contributed by atoms with Gasteiger partial charge in [-0.15, -0.1) is 0 Å². The van der Waals surface area contributed by atoms with Crippen LogP contribution in [0.3, 0.4) is 0 Å². The number of nitrogens with one attached hydrogen (secondary N) is 1. The summed E-state index contributed by atoms with van der Waals surface area (Å²) in [5.74, 6) is 0.691. The van der Waals surface area contributed by atoms with Crippen LogP contribution < -0.4 is 10.1 Å². The van der Waals surface area contributed by atoms with E-state index in [4.69, 9.17) is 4.74 Å². The summed E-state index contributed by atoms with van der Waals surface area (Å²) in [7, 11) is 0.457. The lowest BCUT2D eigenvalue weighted by Crippen LogP contribution is -2.19. The fourth-order valence-corrected chi connectivity index (χ4v) is 2.34. The number of sulfone groups is 1. The second-order valence-electron chi connectivity index (χ2n) is 4.10. The summed E-state index contributed by atoms with van der Waals surface area (Å²) in [6, 6.07) is 1.75. The Morgan fingerprint density at radius 1 is 1.44 bits per heavy atom. The third-order valence-electron chi connectivity index (χ3n) is 2.59. The predicted molar refractivity (Wildman–Crippen MR) is 69.3 cm³/mol. The van der Waals surface area contributed by atoms with Crippen molar-refractivity contribution in [3.05, 3.63) is 18.1 Å². The number of aromatic nitrogens is 2. The SMILES string of the molecule is CNC(CCCS(C)(=O)=O)c1cc(OC)ncn1. The second-order valence-corrected chi connectivity index (χ2v) is 6.36. The van der Waals surface area contributed by atoms with Crippen molar-refractivity contribution in [3.8, 4) is 5.88 Å². The zero-order valence-corrected chi connectivity index (χ0v) is 11.7. The van der Waals surface area contributed by atoms with Gasteiger partial charge in [-0.25, -0.2) is 18.4 Å². The van der Waals surface area contributed by atoms with Gasteiger partial charge in [-0.05, 0) is 19.9 Å². The van der Waals surface area contributed by atoms with Crippen molar-refractivity contribution in [2.75, 3.05) is 26.2 Å². The Kier molecular flexibility index (Phi) is 5.49. The Morgan fingerprint density at radius 2 is 2.17 bits per heavy atom. The largest absolute Gasteiger partial charge is 0.481 e. The fourth-order valence-electron chi connectivity index (χ4n) is 1.65. The molecule has 7 heteroatoms. The van der Waals surface area contributed by atoms with Crippen LogP contribution in [0, 0.1) is 0 Å². The molecule has 0 spiro atoms. The van der Waals surface area contributed by atoms with E-state index in [-0.39, 0.29) is 11.8 Å². The molecule has 102 valence electrons. The van der Waals surface area contributed by atoms with Crippen LogP contribution in [0.1, 0.15) is 24.6 Å². The van der Waals surface area contributed by atoms with Gasteiger partial charge in [-0.2, -0.15) is 0 Å². The molecule has 0 saturated carbocycles. The van der Waals surface area contributed by atoms with Gasteiger partial charge in [0.05, 0.1) is 12.8 Å². The Balaban J connectivity index is 2.65. The van der Waals surface area contributed by atoms with Crippen LogP contribution in [0.4, 0.5) is 0 Å². The van der Waals surface area contributed by atoms with E-state index in [1.54, 1.807) is 13.2 Å². The lowest BCUT2D eigenvalue weighted by molar-refractivity contribution is 0.393. The number of nitrogens with zero attached hydrogens (tertiary/aromatic N) is 2. The van der Waals surface area contributed by atoms with Crippen molar-refractivity contribution in [2.45, 2.75) is 18.9 Å². The highest BCUT2D eigenvalue weighted by molar-refractivity contribution is 7.90. The van der Waals surface area contributed by atoms with E-state index in [9.17, 15) is 8.42 Å². The summed E-state index contributed by atoms with van der Waals surface area (Å²) < 4.78 is 27.2. The summed E-state index contributed by atoms with van der Waals surface area (Å²) in [4.78, 5) is 8.11. The molecule has 0 aliphatic rings. The van der Waals surface area contributed by atoms with Crippen molar-refractivity contribution < 1.29 is 13.2 Å². The molecule has 1 rings (SSSR count). The van der Waals surface area contributed by atoms with Crippen LogP contribution in [0.15, 0.2) is 12.4 Å². The summed E-state index contributed by atoms with van der Waals surface area (Å²) in [5.41, 5.74) is 0.804. The van der Waals surface area contributed by atoms with Gasteiger partial charge in [-0.3, -0.25) is 0 Å². The van der Waals surface area contributed by atoms with Crippen molar-refractivity contribution >= 4 is 9.84 Å². The first-order valence-corrected chi connectivity index (χ1v) is 7.73. The molecule has 1 unspecified atom stereocenters. The number of methoxy groups -OCH3 is 1. The first-order valence-electron chi connectivity index (χ1n) is 5.67. The molecule has 0 aromatic carbocycles. The molecule has 0 saturated heterocycles. The van der Waals surface area contributed by atoms with E-state index in [0.29, 0.717) is 18.7 Å². The van der Waals surface area contributed by atoms with Crippen LogP contribution >= 0.6 is 0 Å². The lowest BCUT2D eigenvalue weighted by atomic mass is 10.1. The Bertz CT molecular complexity index is 476. The molecular formula is C11H19N3O3S. The van der Waals surface area contributed by atoms with E-state index >= 15 is 0 Å². The minimum absolute atomic E-state index is 0.00338. The molecule has 1 aromatic heterocycles. The summed E-state index contributed by atoms with van der Waals surface area (Å²) in [5, 5.41) is 3.12. The maximum absolute atomic E-state index is 11.1. The summed E-state index contributed by atoms with van der Waals surface area (Å²) in [6.07, 6.45) is 3.98. The lowest BCUT2D eigenvalue weighted by Gasteiger charge is -2.15. The molecule has 1 heterocycles. The van der Waals surface area contributed by atoms with Crippen LogP contribution in [0.25, 0.3) is 0 Å². The van der Waals surface area contributed by atoms with Crippen molar-refractivity contribution in [2.24, 2.45) is 0 Å². The molecule has 0 bridgehead atoms. The average molecular weight is 273 g/mol. The van der Waals surface area contributed by atoms with Crippen LogP contribution in [-0.2, 0) is 9.84 Å². The van der Waals surface area contributed by atoms with Crippen molar-refractivity contribution in [1.29, 1.82) is 0 Å². The van der Waals surface area contributed by atoms with Gasteiger partial charge in [0.15, 0.2) is 0 Å². The zero-order valence-electron chi connectivity index (χ0n) is 10.9. The molecule has 0 radical (unpaired) electrons. The average Bonchev–Trinajstić information content (AvgIpc) is 2.33. The van der Waals surface area contributed by atoms with Gasteiger partial charge in [-0.1, -0.05) is 0 Å². The molecule has 0 amide bonds. The molecule has 0 aliphatic heterocycles. The number of ether oxygens (including phenoxy) is 1. The van der Waals surface area contributed by atoms with Gasteiger partial charge >= 0.3 is 0 Å². The highest BCUT2D eigenvalue weighted by Crippen LogP contribution is 2.18. The van der Waals surface area contributed by atoms with Gasteiger partial charge < -0.3 is 10.1 Å². The van der Waals surface area contributed by atoms with E-state index in [2.05, 4.69) is 15.3 Å². The highest BCUT2D eigenvalue weighted by Gasteiger charge is 2.13. The van der Waals surface area contributed by atoms with E-state index in [1.165, 1.54) is 12.6 Å². The van der Waals surface area contributed by atoms with E-state index in [0.717, 1.165) is 5.69 Å².